The minimum atomic E-state index is -0.279. The van der Waals surface area contributed by atoms with Gasteiger partial charge in [0.1, 0.15) is 0 Å². The largest absolute Gasteiger partial charge is 0.320 e. The Kier molecular flexibility index (Phi) is 4.15. The van der Waals surface area contributed by atoms with Crippen LogP contribution in [0.1, 0.15) is 37.8 Å². The summed E-state index contributed by atoms with van der Waals surface area (Å²) < 4.78 is 0. The number of carbonyl (C=O) groups is 2. The number of imide groups is 1. The zero-order chi connectivity index (χ0) is 15.6. The Bertz CT molecular complexity index is 630. The van der Waals surface area contributed by atoms with E-state index in [0.29, 0.717) is 24.1 Å². The van der Waals surface area contributed by atoms with Crippen molar-refractivity contribution >= 4 is 17.5 Å². The van der Waals surface area contributed by atoms with Gasteiger partial charge in [-0.3, -0.25) is 9.59 Å². The van der Waals surface area contributed by atoms with E-state index in [9.17, 15) is 9.59 Å². The number of aryl methyl sites for hydroxylation is 1. The fourth-order valence-electron chi connectivity index (χ4n) is 2.54. The highest BCUT2D eigenvalue weighted by molar-refractivity contribution is 6.17. The summed E-state index contributed by atoms with van der Waals surface area (Å²) in [6, 6.07) is 5.53. The highest BCUT2D eigenvalue weighted by Gasteiger charge is 2.38. The Morgan fingerprint density at radius 2 is 1.86 bits per heavy atom. The zero-order valence-corrected chi connectivity index (χ0v) is 12.7. The van der Waals surface area contributed by atoms with E-state index in [-0.39, 0.29) is 23.8 Å². The molecule has 1 aromatic rings. The van der Waals surface area contributed by atoms with Crippen LogP contribution in [0, 0.1) is 24.2 Å². The maximum Gasteiger partial charge on any atom is 0.234 e. The third-order valence-corrected chi connectivity index (χ3v) is 3.48. The van der Waals surface area contributed by atoms with Crippen LogP contribution in [0.25, 0.3) is 0 Å². The number of anilines is 1. The first kappa shape index (κ1) is 15.3. The highest BCUT2D eigenvalue weighted by Crippen LogP contribution is 2.35. The fourth-order valence-corrected chi connectivity index (χ4v) is 2.54. The molecular weight excluding hydrogens is 264 g/mol. The van der Waals surface area contributed by atoms with Gasteiger partial charge < -0.3 is 5.73 Å². The molecule has 0 atom stereocenters. The molecule has 1 saturated heterocycles. The van der Waals surface area contributed by atoms with Crippen LogP contribution in [0.2, 0.25) is 0 Å². The monoisotopic (exact) mass is 284 g/mol. The Hall–Kier alpha value is -2.12. The summed E-state index contributed by atoms with van der Waals surface area (Å²) >= 11 is 0. The Balaban J connectivity index is 2.46. The first-order chi connectivity index (χ1) is 9.84. The number of hydrogen-bond donors (Lipinski definition) is 1. The molecule has 0 spiro atoms. The van der Waals surface area contributed by atoms with Gasteiger partial charge in [-0.2, -0.15) is 0 Å². The van der Waals surface area contributed by atoms with Crippen LogP contribution in [0.3, 0.4) is 0 Å². The predicted molar refractivity (Wildman–Crippen MR) is 82.6 cm³/mol. The fraction of sp³-hybridized carbons (Fsp3) is 0.412. The molecular formula is C17H20N2O2. The summed E-state index contributed by atoms with van der Waals surface area (Å²) in [7, 11) is 0. The lowest BCUT2D eigenvalue weighted by Crippen LogP contribution is -2.46. The molecule has 1 fully saturated rings. The second-order valence-corrected chi connectivity index (χ2v) is 6.17. The molecule has 0 aliphatic carbocycles. The summed E-state index contributed by atoms with van der Waals surface area (Å²) in [5, 5.41) is 0. The summed E-state index contributed by atoms with van der Waals surface area (Å²) in [5.74, 6) is 5.40. The van der Waals surface area contributed by atoms with Gasteiger partial charge in [0.2, 0.25) is 11.8 Å². The van der Waals surface area contributed by atoms with Crippen molar-refractivity contribution in [3.63, 3.8) is 0 Å². The third kappa shape index (κ3) is 3.32. The normalized spacial score (nSPS) is 17.4. The summed E-state index contributed by atoms with van der Waals surface area (Å²) in [5.41, 5.74) is 7.39. The minimum Gasteiger partial charge on any atom is -0.320 e. The van der Waals surface area contributed by atoms with Gasteiger partial charge in [-0.1, -0.05) is 31.8 Å². The molecule has 1 aromatic carbocycles. The van der Waals surface area contributed by atoms with Crippen LogP contribution in [-0.2, 0) is 9.59 Å². The quantitative estimate of drug-likeness (QED) is 0.633. The molecule has 4 nitrogen and oxygen atoms in total. The number of benzene rings is 1. The van der Waals surface area contributed by atoms with E-state index in [1.807, 2.05) is 32.9 Å². The molecule has 1 heterocycles. The molecule has 2 rings (SSSR count). The first-order valence-corrected chi connectivity index (χ1v) is 6.99. The van der Waals surface area contributed by atoms with Crippen LogP contribution in [0.5, 0.6) is 0 Å². The van der Waals surface area contributed by atoms with Crippen LogP contribution in [0.15, 0.2) is 18.2 Å². The van der Waals surface area contributed by atoms with Crippen LogP contribution < -0.4 is 10.6 Å². The second-order valence-electron chi connectivity index (χ2n) is 6.17. The molecule has 0 bridgehead atoms. The maximum absolute atomic E-state index is 12.4. The van der Waals surface area contributed by atoms with Gasteiger partial charge in [0, 0.05) is 18.4 Å². The lowest BCUT2D eigenvalue weighted by molar-refractivity contribution is -0.132. The predicted octanol–water partition coefficient (Wildman–Crippen LogP) is 1.98. The number of carbonyl (C=O) groups excluding carboxylic acids is 2. The van der Waals surface area contributed by atoms with Crippen LogP contribution in [0.4, 0.5) is 5.69 Å². The molecule has 0 unspecified atom stereocenters. The van der Waals surface area contributed by atoms with Gasteiger partial charge in [-0.05, 0) is 30.0 Å². The van der Waals surface area contributed by atoms with Crippen molar-refractivity contribution in [2.75, 3.05) is 11.4 Å². The lowest BCUT2D eigenvalue weighted by Gasteiger charge is -2.35. The van der Waals surface area contributed by atoms with Crippen molar-refractivity contribution in [2.45, 2.75) is 33.6 Å². The average molecular weight is 284 g/mol. The molecule has 0 aromatic heterocycles. The van der Waals surface area contributed by atoms with Gasteiger partial charge in [0.15, 0.2) is 0 Å². The number of piperidine rings is 1. The van der Waals surface area contributed by atoms with Gasteiger partial charge in [0.25, 0.3) is 0 Å². The topological polar surface area (TPSA) is 63.4 Å². The molecule has 110 valence electrons. The standard InChI is InChI=1S/C17H20N2O2/c1-12-6-7-14(13(9-12)5-4-8-18)19-15(20)10-17(2,3)11-16(19)21/h6-7,9H,8,10-11,18H2,1-3H3. The van der Waals surface area contributed by atoms with Crippen molar-refractivity contribution in [3.05, 3.63) is 29.3 Å². The van der Waals surface area contributed by atoms with E-state index in [1.54, 1.807) is 6.07 Å². The van der Waals surface area contributed by atoms with Gasteiger partial charge in [-0.25, -0.2) is 4.90 Å². The van der Waals surface area contributed by atoms with E-state index in [4.69, 9.17) is 5.73 Å². The maximum atomic E-state index is 12.4. The van der Waals surface area contributed by atoms with E-state index >= 15 is 0 Å². The van der Waals surface area contributed by atoms with E-state index in [2.05, 4.69) is 11.8 Å². The molecule has 0 radical (unpaired) electrons. The number of nitrogens with zero attached hydrogens (tertiary/aromatic N) is 1. The van der Waals surface area contributed by atoms with Gasteiger partial charge >= 0.3 is 0 Å². The SMILES string of the molecule is Cc1ccc(N2C(=O)CC(C)(C)CC2=O)c(C#CCN)c1. The van der Waals surface area contributed by atoms with Crippen molar-refractivity contribution in [2.24, 2.45) is 11.1 Å². The van der Waals surface area contributed by atoms with Crippen molar-refractivity contribution in [1.82, 2.24) is 0 Å². The zero-order valence-electron chi connectivity index (χ0n) is 12.7. The minimum absolute atomic E-state index is 0.170. The molecule has 1 aliphatic heterocycles. The number of nitrogens with two attached hydrogens (primary N) is 1. The molecule has 21 heavy (non-hydrogen) atoms. The second kappa shape index (κ2) is 5.71. The van der Waals surface area contributed by atoms with Crippen molar-refractivity contribution < 1.29 is 9.59 Å². The molecule has 0 saturated carbocycles. The first-order valence-electron chi connectivity index (χ1n) is 6.99. The number of amides is 2. The van der Waals surface area contributed by atoms with E-state index < -0.39 is 0 Å². The third-order valence-electron chi connectivity index (χ3n) is 3.48. The number of rotatable bonds is 1. The van der Waals surface area contributed by atoms with E-state index in [1.165, 1.54) is 4.90 Å². The van der Waals surface area contributed by atoms with Crippen LogP contribution >= 0.6 is 0 Å². The van der Waals surface area contributed by atoms with Gasteiger partial charge in [-0.15, -0.1) is 0 Å². The number of hydrogen-bond acceptors (Lipinski definition) is 3. The van der Waals surface area contributed by atoms with Crippen LogP contribution in [-0.4, -0.2) is 18.4 Å². The van der Waals surface area contributed by atoms with Gasteiger partial charge in [0.05, 0.1) is 12.2 Å². The smallest absolute Gasteiger partial charge is 0.234 e. The molecule has 2 amide bonds. The summed E-state index contributed by atoms with van der Waals surface area (Å²) in [4.78, 5) is 26.0. The molecule has 2 N–H and O–H groups in total. The molecule has 1 aliphatic rings. The molecule has 4 heteroatoms. The Morgan fingerprint density at radius 3 is 2.43 bits per heavy atom. The lowest BCUT2D eigenvalue weighted by atomic mass is 9.81. The van der Waals surface area contributed by atoms with Crippen molar-refractivity contribution in [3.8, 4) is 11.8 Å². The summed E-state index contributed by atoms with van der Waals surface area (Å²) in [6.45, 7) is 6.05. The summed E-state index contributed by atoms with van der Waals surface area (Å²) in [6.07, 6.45) is 0.715. The average Bonchev–Trinajstić information content (AvgIpc) is 2.36. The highest BCUT2D eigenvalue weighted by atomic mass is 16.2. The van der Waals surface area contributed by atoms with E-state index in [0.717, 1.165) is 5.56 Å². The Labute approximate surface area is 125 Å². The van der Waals surface area contributed by atoms with Crippen molar-refractivity contribution in [1.29, 1.82) is 0 Å². The Morgan fingerprint density at radius 1 is 1.24 bits per heavy atom.